The maximum atomic E-state index is 13.0. The minimum absolute atomic E-state index is 0.0315. The number of carbonyl (C=O) groups excluding carboxylic acids is 1. The Bertz CT molecular complexity index is 799. The molecule has 118 valence electrons. The van der Waals surface area contributed by atoms with Gasteiger partial charge in [-0.15, -0.1) is 0 Å². The Morgan fingerprint density at radius 3 is 2.83 bits per heavy atom. The Kier molecular flexibility index (Phi) is 3.81. The van der Waals surface area contributed by atoms with Gasteiger partial charge in [0.05, 0.1) is 5.92 Å². The fourth-order valence-electron chi connectivity index (χ4n) is 3.18. The Labute approximate surface area is 143 Å². The van der Waals surface area contributed by atoms with Crippen molar-refractivity contribution in [3.63, 3.8) is 0 Å². The third-order valence-corrected chi connectivity index (χ3v) is 5.01. The molecule has 1 aliphatic carbocycles. The highest BCUT2D eigenvalue weighted by molar-refractivity contribution is 9.10. The number of benzene rings is 1. The number of ether oxygens (including phenoxy) is 1. The highest BCUT2D eigenvalue weighted by Gasteiger charge is 2.44. The number of nitriles is 1. The molecule has 2 aliphatic rings. The summed E-state index contributed by atoms with van der Waals surface area (Å²) >= 11 is 3.45. The Hall–Kier alpha value is -2.06. The second kappa shape index (κ2) is 5.54. The molecule has 0 amide bonds. The predicted molar refractivity (Wildman–Crippen MR) is 89.8 cm³/mol. The van der Waals surface area contributed by atoms with Crippen molar-refractivity contribution in [2.75, 3.05) is 0 Å². The van der Waals surface area contributed by atoms with E-state index >= 15 is 0 Å². The number of carbonyl (C=O) groups is 1. The van der Waals surface area contributed by atoms with Gasteiger partial charge in [-0.1, -0.05) is 41.9 Å². The fraction of sp³-hybridized carbons (Fsp3) is 0.333. The van der Waals surface area contributed by atoms with Crippen LogP contribution in [0.3, 0.4) is 0 Å². The van der Waals surface area contributed by atoms with Gasteiger partial charge in [0.15, 0.2) is 5.78 Å². The largest absolute Gasteiger partial charge is 0.444 e. The van der Waals surface area contributed by atoms with Gasteiger partial charge < -0.3 is 10.5 Å². The summed E-state index contributed by atoms with van der Waals surface area (Å²) in [7, 11) is 0. The topological polar surface area (TPSA) is 76.1 Å². The van der Waals surface area contributed by atoms with E-state index in [2.05, 4.69) is 22.0 Å². The molecule has 0 aromatic heterocycles. The van der Waals surface area contributed by atoms with Crippen LogP contribution in [-0.2, 0) is 9.53 Å². The van der Waals surface area contributed by atoms with Crippen LogP contribution in [0.5, 0.6) is 0 Å². The first-order valence-electron chi connectivity index (χ1n) is 7.46. The van der Waals surface area contributed by atoms with E-state index in [-0.39, 0.29) is 11.7 Å². The molecule has 0 spiro atoms. The zero-order chi connectivity index (χ0) is 16.8. The van der Waals surface area contributed by atoms with Crippen LogP contribution in [0.2, 0.25) is 0 Å². The minimum atomic E-state index is -0.465. The fourth-order valence-corrected chi connectivity index (χ4v) is 3.59. The van der Waals surface area contributed by atoms with Crippen LogP contribution >= 0.6 is 15.9 Å². The molecular weight excluding hydrogens is 356 g/mol. The maximum absolute atomic E-state index is 13.0. The van der Waals surface area contributed by atoms with Gasteiger partial charge in [-0.2, -0.15) is 5.26 Å². The smallest absolute Gasteiger partial charge is 0.205 e. The van der Waals surface area contributed by atoms with E-state index in [0.717, 1.165) is 10.0 Å². The van der Waals surface area contributed by atoms with E-state index in [9.17, 15) is 10.1 Å². The number of allylic oxidation sites excluding steroid dienone is 3. The molecule has 0 fully saturated rings. The first-order chi connectivity index (χ1) is 10.8. The van der Waals surface area contributed by atoms with Gasteiger partial charge in [0.1, 0.15) is 17.4 Å². The summed E-state index contributed by atoms with van der Waals surface area (Å²) in [4.78, 5) is 13.0. The Morgan fingerprint density at radius 2 is 2.17 bits per heavy atom. The summed E-state index contributed by atoms with van der Waals surface area (Å²) in [5.41, 5.74) is 7.23. The number of nitrogens with two attached hydrogens (primary N) is 1. The molecule has 0 saturated carbocycles. The quantitative estimate of drug-likeness (QED) is 0.810. The molecule has 1 aromatic rings. The highest BCUT2D eigenvalue weighted by Crippen LogP contribution is 2.47. The summed E-state index contributed by atoms with van der Waals surface area (Å²) in [5.74, 6) is 0.275. The van der Waals surface area contributed by atoms with Crippen LogP contribution < -0.4 is 5.73 Å². The van der Waals surface area contributed by atoms with Crippen molar-refractivity contribution in [3.05, 3.63) is 57.1 Å². The molecule has 1 heterocycles. The van der Waals surface area contributed by atoms with E-state index in [0.29, 0.717) is 29.7 Å². The van der Waals surface area contributed by atoms with Crippen molar-refractivity contribution in [3.8, 4) is 6.07 Å². The molecule has 0 saturated heterocycles. The van der Waals surface area contributed by atoms with Gasteiger partial charge in [-0.25, -0.2) is 0 Å². The summed E-state index contributed by atoms with van der Waals surface area (Å²) in [5, 5.41) is 9.56. The van der Waals surface area contributed by atoms with Crippen molar-refractivity contribution in [2.45, 2.75) is 32.6 Å². The van der Waals surface area contributed by atoms with Crippen LogP contribution in [-0.4, -0.2) is 5.78 Å². The van der Waals surface area contributed by atoms with E-state index in [4.69, 9.17) is 10.5 Å². The van der Waals surface area contributed by atoms with Gasteiger partial charge in [-0.3, -0.25) is 4.79 Å². The zero-order valence-electron chi connectivity index (χ0n) is 13.0. The summed E-state index contributed by atoms with van der Waals surface area (Å²) < 4.78 is 6.51. The molecule has 0 unspecified atom stereocenters. The van der Waals surface area contributed by atoms with Crippen molar-refractivity contribution >= 4 is 21.7 Å². The second-order valence-electron chi connectivity index (χ2n) is 6.53. The second-order valence-corrected chi connectivity index (χ2v) is 7.45. The van der Waals surface area contributed by atoms with Crippen LogP contribution in [0, 0.1) is 16.7 Å². The number of nitrogens with zero attached hydrogens (tertiary/aromatic N) is 1. The SMILES string of the molecule is CC1(C)CCC2=C(C1=O)[C@@H](c1cccc(Br)c1)C(C#N)=C(N)O2. The van der Waals surface area contributed by atoms with Crippen LogP contribution in [0.4, 0.5) is 0 Å². The van der Waals surface area contributed by atoms with Crippen LogP contribution in [0.15, 0.2) is 51.5 Å². The number of rotatable bonds is 1. The Balaban J connectivity index is 2.22. The van der Waals surface area contributed by atoms with Gasteiger partial charge in [0.2, 0.25) is 5.88 Å². The molecule has 23 heavy (non-hydrogen) atoms. The lowest BCUT2D eigenvalue weighted by molar-refractivity contribution is -0.125. The molecule has 1 aliphatic heterocycles. The molecule has 2 N–H and O–H groups in total. The molecular formula is C18H17BrN2O2. The lowest BCUT2D eigenvalue weighted by Crippen LogP contribution is -2.36. The van der Waals surface area contributed by atoms with Crippen LogP contribution in [0.1, 0.15) is 38.2 Å². The third-order valence-electron chi connectivity index (χ3n) is 4.52. The summed E-state index contributed by atoms with van der Waals surface area (Å²) in [6.07, 6.45) is 1.36. The first-order valence-corrected chi connectivity index (χ1v) is 8.25. The average Bonchev–Trinajstić information content (AvgIpc) is 2.50. The summed E-state index contributed by atoms with van der Waals surface area (Å²) in [6, 6.07) is 9.75. The van der Waals surface area contributed by atoms with E-state index < -0.39 is 11.3 Å². The van der Waals surface area contributed by atoms with Gasteiger partial charge in [0, 0.05) is 21.9 Å². The normalized spacial score (nSPS) is 23.2. The Morgan fingerprint density at radius 1 is 1.43 bits per heavy atom. The predicted octanol–water partition coefficient (Wildman–Crippen LogP) is 3.90. The van der Waals surface area contributed by atoms with Gasteiger partial charge in [-0.05, 0) is 24.1 Å². The number of hydrogen-bond donors (Lipinski definition) is 1. The van der Waals surface area contributed by atoms with E-state index in [1.807, 2.05) is 38.1 Å². The average molecular weight is 373 g/mol. The lowest BCUT2D eigenvalue weighted by Gasteiger charge is -2.37. The highest BCUT2D eigenvalue weighted by atomic mass is 79.9. The molecule has 3 rings (SSSR count). The van der Waals surface area contributed by atoms with E-state index in [1.165, 1.54) is 0 Å². The number of Topliss-reactive ketones (excluding diaryl/α,β-unsaturated/α-hetero) is 1. The lowest BCUT2D eigenvalue weighted by atomic mass is 9.68. The zero-order valence-corrected chi connectivity index (χ0v) is 14.6. The molecule has 0 radical (unpaired) electrons. The number of ketones is 1. The van der Waals surface area contributed by atoms with Gasteiger partial charge in [0.25, 0.3) is 0 Å². The van der Waals surface area contributed by atoms with E-state index in [1.54, 1.807) is 0 Å². The molecule has 1 aromatic carbocycles. The number of halogens is 1. The van der Waals surface area contributed by atoms with Crippen molar-refractivity contribution < 1.29 is 9.53 Å². The summed E-state index contributed by atoms with van der Waals surface area (Å²) in [6.45, 7) is 3.87. The van der Waals surface area contributed by atoms with Crippen molar-refractivity contribution in [1.29, 1.82) is 5.26 Å². The molecule has 0 bridgehead atoms. The van der Waals surface area contributed by atoms with Crippen molar-refractivity contribution in [1.82, 2.24) is 0 Å². The van der Waals surface area contributed by atoms with Crippen molar-refractivity contribution in [2.24, 2.45) is 11.1 Å². The van der Waals surface area contributed by atoms with Crippen LogP contribution in [0.25, 0.3) is 0 Å². The molecule has 4 nitrogen and oxygen atoms in total. The maximum Gasteiger partial charge on any atom is 0.205 e. The molecule has 5 heteroatoms. The monoisotopic (exact) mass is 372 g/mol. The molecule has 1 atom stereocenters. The minimum Gasteiger partial charge on any atom is -0.444 e. The van der Waals surface area contributed by atoms with Gasteiger partial charge >= 0.3 is 0 Å². The standard InChI is InChI=1S/C18H17BrN2O2/c1-18(2)7-6-13-15(16(18)22)14(12(9-20)17(21)23-13)10-4-3-5-11(19)8-10/h3-5,8,14H,6-7,21H2,1-2H3/t14-/m0/s1. The number of hydrogen-bond acceptors (Lipinski definition) is 4. The third kappa shape index (κ3) is 2.57. The first kappa shape index (κ1) is 15.8.